The fourth-order valence-electron chi connectivity index (χ4n) is 3.59. The molecule has 1 fully saturated rings. The van der Waals surface area contributed by atoms with Crippen LogP contribution in [0.3, 0.4) is 0 Å². The molecule has 1 aliphatic carbocycles. The zero-order chi connectivity index (χ0) is 20.0. The molecule has 0 radical (unpaired) electrons. The lowest BCUT2D eigenvalue weighted by Gasteiger charge is -2.36. The van der Waals surface area contributed by atoms with Gasteiger partial charge in [-0.15, -0.1) is 11.8 Å². The number of likely N-dealkylation sites (N-methyl/N-ethyl adjacent to an activating group) is 1. The predicted molar refractivity (Wildman–Crippen MR) is 113 cm³/mol. The van der Waals surface area contributed by atoms with Gasteiger partial charge in [0.25, 0.3) is 0 Å². The highest BCUT2D eigenvalue weighted by atomic mass is 32.2. The van der Waals surface area contributed by atoms with E-state index in [9.17, 15) is 9.59 Å². The van der Waals surface area contributed by atoms with Crippen molar-refractivity contribution in [1.29, 1.82) is 0 Å². The summed E-state index contributed by atoms with van der Waals surface area (Å²) in [7, 11) is 1.82. The molecule has 0 saturated heterocycles. The van der Waals surface area contributed by atoms with Crippen LogP contribution in [0.25, 0.3) is 0 Å². The lowest BCUT2D eigenvalue weighted by Crippen LogP contribution is -2.51. The number of hydrogen-bond donors (Lipinski definition) is 2. The van der Waals surface area contributed by atoms with E-state index in [1.807, 2.05) is 44.5 Å². The van der Waals surface area contributed by atoms with Gasteiger partial charge in [-0.1, -0.05) is 38.8 Å². The standard InChI is InChI=1S/C21H33N3O2S/c1-14-9-8-11-17(15(14)2)23-21(26)16(3)24(4)13-20(25)22-18-10-6-7-12-19(18)27-5/h6-7,10,12,14-17H,8-9,11,13H2,1-5H3,(H,22,25)(H,23,26)/t14-,15+,16+,17+/m0/s1. The van der Waals surface area contributed by atoms with Gasteiger partial charge < -0.3 is 10.6 Å². The molecule has 1 aliphatic rings. The minimum absolute atomic E-state index is 0.000707. The molecule has 0 bridgehead atoms. The summed E-state index contributed by atoms with van der Waals surface area (Å²) < 4.78 is 0. The van der Waals surface area contributed by atoms with Gasteiger partial charge in [0, 0.05) is 10.9 Å². The molecular formula is C21H33N3O2S. The Morgan fingerprint density at radius 1 is 1.26 bits per heavy atom. The zero-order valence-corrected chi connectivity index (χ0v) is 17.9. The van der Waals surface area contributed by atoms with Crippen molar-refractivity contribution in [2.45, 2.75) is 57.0 Å². The van der Waals surface area contributed by atoms with Gasteiger partial charge in [-0.2, -0.15) is 0 Å². The highest BCUT2D eigenvalue weighted by Gasteiger charge is 2.30. The zero-order valence-electron chi connectivity index (χ0n) is 17.1. The molecule has 1 aromatic carbocycles. The first kappa shape index (κ1) is 21.8. The van der Waals surface area contributed by atoms with Gasteiger partial charge in [0.05, 0.1) is 18.3 Å². The Labute approximate surface area is 167 Å². The van der Waals surface area contributed by atoms with Crippen LogP contribution in [0.15, 0.2) is 29.2 Å². The second-order valence-corrected chi connectivity index (χ2v) is 8.57. The van der Waals surface area contributed by atoms with Crippen molar-refractivity contribution >= 4 is 29.3 Å². The van der Waals surface area contributed by atoms with Crippen LogP contribution in [0.2, 0.25) is 0 Å². The highest BCUT2D eigenvalue weighted by Crippen LogP contribution is 2.29. The van der Waals surface area contributed by atoms with E-state index in [0.717, 1.165) is 23.4 Å². The van der Waals surface area contributed by atoms with Gasteiger partial charge in [-0.25, -0.2) is 0 Å². The predicted octanol–water partition coefficient (Wildman–Crippen LogP) is 3.61. The number of para-hydroxylation sites is 1. The van der Waals surface area contributed by atoms with Crippen molar-refractivity contribution in [3.8, 4) is 0 Å². The van der Waals surface area contributed by atoms with Crippen LogP contribution in [0, 0.1) is 11.8 Å². The first-order valence-corrected chi connectivity index (χ1v) is 11.0. The quantitative estimate of drug-likeness (QED) is 0.697. The largest absolute Gasteiger partial charge is 0.352 e. The number of nitrogens with zero attached hydrogens (tertiary/aromatic N) is 1. The average Bonchev–Trinajstić information content (AvgIpc) is 2.65. The van der Waals surface area contributed by atoms with E-state index in [4.69, 9.17) is 0 Å². The Balaban J connectivity index is 1.87. The summed E-state index contributed by atoms with van der Waals surface area (Å²) in [6, 6.07) is 7.61. The van der Waals surface area contributed by atoms with Crippen LogP contribution in [0.4, 0.5) is 5.69 Å². The average molecular weight is 392 g/mol. The second kappa shape index (κ2) is 10.1. The number of carbonyl (C=O) groups is 2. The number of rotatable bonds is 7. The number of anilines is 1. The van der Waals surface area contributed by atoms with Gasteiger partial charge in [-0.05, 0) is 50.6 Å². The summed E-state index contributed by atoms with van der Waals surface area (Å²) in [6.07, 6.45) is 5.43. The SMILES string of the molecule is CSc1ccccc1NC(=O)CN(C)[C@H](C)C(=O)N[C@@H]1CCC[C@H](C)[C@H]1C. The van der Waals surface area contributed by atoms with E-state index in [2.05, 4.69) is 24.5 Å². The molecule has 2 amide bonds. The van der Waals surface area contributed by atoms with Crippen LogP contribution >= 0.6 is 11.8 Å². The van der Waals surface area contributed by atoms with Crippen molar-refractivity contribution in [2.75, 3.05) is 25.2 Å². The van der Waals surface area contributed by atoms with E-state index < -0.39 is 0 Å². The normalized spacial score (nSPS) is 23.7. The van der Waals surface area contributed by atoms with Gasteiger partial charge in [-0.3, -0.25) is 14.5 Å². The van der Waals surface area contributed by atoms with E-state index in [-0.39, 0.29) is 30.4 Å². The van der Waals surface area contributed by atoms with Crippen molar-refractivity contribution < 1.29 is 9.59 Å². The molecule has 5 nitrogen and oxygen atoms in total. The van der Waals surface area contributed by atoms with Crippen LogP contribution in [0.5, 0.6) is 0 Å². The maximum absolute atomic E-state index is 12.7. The van der Waals surface area contributed by atoms with Crippen LogP contribution < -0.4 is 10.6 Å². The molecular weight excluding hydrogens is 358 g/mol. The molecule has 0 spiro atoms. The van der Waals surface area contributed by atoms with Crippen molar-refractivity contribution in [3.05, 3.63) is 24.3 Å². The first-order chi connectivity index (χ1) is 12.8. The topological polar surface area (TPSA) is 61.4 Å². The van der Waals surface area contributed by atoms with Crippen LogP contribution in [-0.2, 0) is 9.59 Å². The maximum atomic E-state index is 12.7. The molecule has 2 rings (SSSR count). The fourth-order valence-corrected chi connectivity index (χ4v) is 4.14. The number of nitrogens with one attached hydrogen (secondary N) is 2. The monoisotopic (exact) mass is 391 g/mol. The molecule has 0 unspecified atom stereocenters. The summed E-state index contributed by atoms with van der Waals surface area (Å²) in [5.74, 6) is 1.02. The number of carbonyl (C=O) groups excluding carboxylic acids is 2. The smallest absolute Gasteiger partial charge is 0.238 e. The number of thioether (sulfide) groups is 1. The molecule has 27 heavy (non-hydrogen) atoms. The summed E-state index contributed by atoms with van der Waals surface area (Å²) >= 11 is 1.59. The third-order valence-corrected chi connectivity index (χ3v) is 6.64. The molecule has 4 atom stereocenters. The third-order valence-electron chi connectivity index (χ3n) is 5.85. The van der Waals surface area contributed by atoms with E-state index in [1.165, 1.54) is 6.42 Å². The van der Waals surface area contributed by atoms with E-state index in [0.29, 0.717) is 11.8 Å². The third kappa shape index (κ3) is 5.98. The fraction of sp³-hybridized carbons (Fsp3) is 0.619. The molecule has 0 aliphatic heterocycles. The number of amides is 2. The molecule has 6 heteroatoms. The van der Waals surface area contributed by atoms with Gasteiger partial charge >= 0.3 is 0 Å². The number of hydrogen-bond acceptors (Lipinski definition) is 4. The summed E-state index contributed by atoms with van der Waals surface area (Å²) in [5, 5.41) is 6.15. The minimum Gasteiger partial charge on any atom is -0.352 e. The lowest BCUT2D eigenvalue weighted by molar-refractivity contribution is -0.127. The molecule has 0 heterocycles. The Kier molecular flexibility index (Phi) is 8.17. The van der Waals surface area contributed by atoms with Crippen LogP contribution in [-0.4, -0.2) is 48.6 Å². The molecule has 1 aromatic rings. The van der Waals surface area contributed by atoms with Gasteiger partial charge in [0.1, 0.15) is 0 Å². The highest BCUT2D eigenvalue weighted by molar-refractivity contribution is 7.98. The minimum atomic E-state index is -0.351. The van der Waals surface area contributed by atoms with E-state index >= 15 is 0 Å². The Bertz CT molecular complexity index is 652. The van der Waals surface area contributed by atoms with Crippen LogP contribution in [0.1, 0.15) is 40.0 Å². The molecule has 150 valence electrons. The summed E-state index contributed by atoms with van der Waals surface area (Å²) in [4.78, 5) is 27.9. The Hall–Kier alpha value is -1.53. The van der Waals surface area contributed by atoms with Crippen molar-refractivity contribution in [1.82, 2.24) is 10.2 Å². The molecule has 0 aromatic heterocycles. The Morgan fingerprint density at radius 2 is 1.96 bits per heavy atom. The van der Waals surface area contributed by atoms with Gasteiger partial charge in [0.2, 0.25) is 11.8 Å². The summed E-state index contributed by atoms with van der Waals surface area (Å²) in [5.41, 5.74) is 0.811. The molecule has 2 N–H and O–H groups in total. The lowest BCUT2D eigenvalue weighted by atomic mass is 9.78. The summed E-state index contributed by atoms with van der Waals surface area (Å²) in [6.45, 7) is 6.51. The van der Waals surface area contributed by atoms with Crippen molar-refractivity contribution in [2.24, 2.45) is 11.8 Å². The maximum Gasteiger partial charge on any atom is 0.238 e. The van der Waals surface area contributed by atoms with Crippen molar-refractivity contribution in [3.63, 3.8) is 0 Å². The Morgan fingerprint density at radius 3 is 2.67 bits per heavy atom. The first-order valence-electron chi connectivity index (χ1n) is 9.77. The second-order valence-electron chi connectivity index (χ2n) is 7.72. The number of benzene rings is 1. The van der Waals surface area contributed by atoms with E-state index in [1.54, 1.807) is 16.7 Å². The van der Waals surface area contributed by atoms with Gasteiger partial charge in [0.15, 0.2) is 0 Å². The molecule has 1 saturated carbocycles.